The summed E-state index contributed by atoms with van der Waals surface area (Å²) in [6.07, 6.45) is 6.54. The van der Waals surface area contributed by atoms with Gasteiger partial charge < -0.3 is 5.32 Å². The van der Waals surface area contributed by atoms with E-state index in [9.17, 15) is 17.8 Å². The van der Waals surface area contributed by atoms with Crippen LogP contribution in [-0.2, 0) is 27.8 Å². The monoisotopic (exact) mass is 356 g/mol. The number of carbonyl (C=O) groups excluding carboxylic acids is 1. The van der Waals surface area contributed by atoms with Gasteiger partial charge in [-0.15, -0.1) is 0 Å². The fourth-order valence-electron chi connectivity index (χ4n) is 3.56. The third kappa shape index (κ3) is 2.75. The van der Waals surface area contributed by atoms with Gasteiger partial charge in [-0.1, -0.05) is 6.07 Å². The first-order chi connectivity index (χ1) is 11.9. The second kappa shape index (κ2) is 5.79. The zero-order valence-electron chi connectivity index (χ0n) is 13.3. The number of benzene rings is 1. The van der Waals surface area contributed by atoms with E-state index in [2.05, 4.69) is 10.3 Å². The second-order valence-corrected chi connectivity index (χ2v) is 7.59. The lowest BCUT2D eigenvalue weighted by Gasteiger charge is -2.20. The normalized spacial score (nSPS) is 18.0. The highest BCUT2D eigenvalue weighted by Gasteiger charge is 2.27. The topological polar surface area (TPSA) is 96.4 Å². The third-order valence-electron chi connectivity index (χ3n) is 4.68. The van der Waals surface area contributed by atoms with E-state index in [0.29, 0.717) is 23.4 Å². The molecular formula is C18H16N2O4S. The lowest BCUT2D eigenvalue weighted by molar-refractivity contribution is -0.110. The maximum Gasteiger partial charge on any atom is 0.294 e. The summed E-state index contributed by atoms with van der Waals surface area (Å²) in [5.41, 5.74) is 3.60. The molecule has 2 N–H and O–H groups in total. The number of pyridine rings is 1. The molecule has 2 heterocycles. The van der Waals surface area contributed by atoms with Gasteiger partial charge in [0.2, 0.25) is 0 Å². The first-order valence-electron chi connectivity index (χ1n) is 8.06. The van der Waals surface area contributed by atoms with Crippen LogP contribution in [0.25, 0.3) is 11.6 Å². The van der Waals surface area contributed by atoms with Gasteiger partial charge in [0.1, 0.15) is 5.82 Å². The minimum absolute atomic E-state index is 0.0257. The van der Waals surface area contributed by atoms with Gasteiger partial charge in [0, 0.05) is 11.8 Å². The number of carbonyl (C=O) groups is 1. The largest absolute Gasteiger partial charge is 0.306 e. The molecule has 6 nitrogen and oxygen atoms in total. The maximum atomic E-state index is 12.3. The van der Waals surface area contributed by atoms with E-state index in [4.69, 9.17) is 0 Å². The Morgan fingerprint density at radius 2 is 1.88 bits per heavy atom. The zero-order chi connectivity index (χ0) is 17.6. The number of fused-ring (bicyclic) bond motifs is 2. The summed E-state index contributed by atoms with van der Waals surface area (Å²) in [5, 5.41) is 2.73. The highest BCUT2D eigenvalue weighted by atomic mass is 32.2. The van der Waals surface area contributed by atoms with Crippen LogP contribution in [0.4, 0.5) is 5.82 Å². The van der Waals surface area contributed by atoms with E-state index >= 15 is 0 Å². The van der Waals surface area contributed by atoms with Crippen LogP contribution in [0.2, 0.25) is 0 Å². The number of aromatic nitrogens is 1. The molecule has 0 atom stereocenters. The molecule has 1 aromatic heterocycles. The fraction of sp³-hybridized carbons (Fsp3) is 0.222. The van der Waals surface area contributed by atoms with Crippen molar-refractivity contribution in [3.63, 3.8) is 0 Å². The quantitative estimate of drug-likeness (QED) is 0.637. The summed E-state index contributed by atoms with van der Waals surface area (Å²) in [7, 11) is -4.26. The summed E-state index contributed by atoms with van der Waals surface area (Å²) in [5.74, 6) is 0.305. The summed E-state index contributed by atoms with van der Waals surface area (Å²) in [6, 6.07) is 6.67. The van der Waals surface area contributed by atoms with Crippen LogP contribution in [0.1, 0.15) is 35.1 Å². The van der Waals surface area contributed by atoms with Crippen molar-refractivity contribution < 1.29 is 17.8 Å². The summed E-state index contributed by atoms with van der Waals surface area (Å²) in [6.45, 7) is 0. The SMILES string of the molecule is O=C1Nc2ncccc2C1=Cc1ccc(S(=O)(=O)O)c2c1CCCC2. The molecule has 0 spiro atoms. The predicted molar refractivity (Wildman–Crippen MR) is 93.6 cm³/mol. The van der Waals surface area contributed by atoms with Crippen LogP contribution in [0.5, 0.6) is 0 Å². The molecule has 0 saturated heterocycles. The standard InChI is InChI=1S/C18H16N2O4S/c21-18-15(14-6-3-9-19-17(14)20-18)10-11-7-8-16(25(22,23)24)13-5-2-1-4-12(11)13/h3,6-10H,1-2,4-5H2,(H,19,20,21)(H,22,23,24). The Labute approximate surface area is 145 Å². The van der Waals surface area contributed by atoms with Gasteiger partial charge in [-0.05, 0) is 66.6 Å². The Kier molecular flexibility index (Phi) is 3.70. The Bertz CT molecular complexity index is 1030. The molecule has 0 saturated carbocycles. The first kappa shape index (κ1) is 16.0. The van der Waals surface area contributed by atoms with Crippen molar-refractivity contribution in [2.45, 2.75) is 30.6 Å². The lowest BCUT2D eigenvalue weighted by atomic mass is 9.87. The number of nitrogens with one attached hydrogen (secondary N) is 1. The molecule has 2 aromatic rings. The van der Waals surface area contributed by atoms with E-state index in [1.54, 1.807) is 24.4 Å². The average Bonchev–Trinajstić information content (AvgIpc) is 2.90. The third-order valence-corrected chi connectivity index (χ3v) is 5.62. The van der Waals surface area contributed by atoms with Crippen molar-refractivity contribution >= 4 is 33.5 Å². The molecule has 1 aromatic carbocycles. The summed E-state index contributed by atoms with van der Waals surface area (Å²) >= 11 is 0. The highest BCUT2D eigenvalue weighted by Crippen LogP contribution is 2.35. The average molecular weight is 356 g/mol. The number of rotatable bonds is 2. The van der Waals surface area contributed by atoms with Crippen molar-refractivity contribution in [3.8, 4) is 0 Å². The summed E-state index contributed by atoms with van der Waals surface area (Å²) in [4.78, 5) is 16.4. The van der Waals surface area contributed by atoms with Gasteiger partial charge in [0.15, 0.2) is 0 Å². The van der Waals surface area contributed by atoms with E-state index < -0.39 is 10.1 Å². The van der Waals surface area contributed by atoms with Gasteiger partial charge in [-0.3, -0.25) is 9.35 Å². The van der Waals surface area contributed by atoms with Gasteiger partial charge >= 0.3 is 0 Å². The second-order valence-electron chi connectivity index (χ2n) is 6.20. The number of hydrogen-bond acceptors (Lipinski definition) is 4. The zero-order valence-corrected chi connectivity index (χ0v) is 14.1. The lowest BCUT2D eigenvalue weighted by Crippen LogP contribution is -2.12. The van der Waals surface area contributed by atoms with E-state index in [0.717, 1.165) is 36.0 Å². The van der Waals surface area contributed by atoms with Crippen molar-refractivity contribution in [1.82, 2.24) is 4.98 Å². The molecular weight excluding hydrogens is 340 g/mol. The van der Waals surface area contributed by atoms with Gasteiger partial charge in [-0.25, -0.2) is 4.98 Å². The van der Waals surface area contributed by atoms with Gasteiger partial charge in [0.05, 0.1) is 10.5 Å². The Hall–Kier alpha value is -2.51. The smallest absolute Gasteiger partial charge is 0.294 e. The summed E-state index contributed by atoms with van der Waals surface area (Å²) < 4.78 is 32.8. The van der Waals surface area contributed by atoms with E-state index in [-0.39, 0.29) is 10.8 Å². The Morgan fingerprint density at radius 3 is 2.64 bits per heavy atom. The van der Waals surface area contributed by atoms with Crippen molar-refractivity contribution in [1.29, 1.82) is 0 Å². The molecule has 0 fully saturated rings. The van der Waals surface area contributed by atoms with Crippen LogP contribution < -0.4 is 5.32 Å². The Balaban J connectivity index is 1.89. The molecule has 128 valence electrons. The first-order valence-corrected chi connectivity index (χ1v) is 9.50. The molecule has 1 aliphatic carbocycles. The van der Waals surface area contributed by atoms with Gasteiger partial charge in [-0.2, -0.15) is 8.42 Å². The minimum Gasteiger partial charge on any atom is -0.306 e. The molecule has 0 unspecified atom stereocenters. The molecule has 1 aliphatic heterocycles. The Morgan fingerprint density at radius 1 is 1.12 bits per heavy atom. The number of anilines is 1. The number of nitrogens with zero attached hydrogens (tertiary/aromatic N) is 1. The van der Waals surface area contributed by atoms with Crippen LogP contribution in [0.3, 0.4) is 0 Å². The van der Waals surface area contributed by atoms with Crippen LogP contribution in [0.15, 0.2) is 35.4 Å². The van der Waals surface area contributed by atoms with Crippen LogP contribution >= 0.6 is 0 Å². The molecule has 25 heavy (non-hydrogen) atoms. The van der Waals surface area contributed by atoms with E-state index in [1.807, 2.05) is 6.07 Å². The molecule has 7 heteroatoms. The molecule has 4 rings (SSSR count). The molecule has 0 bridgehead atoms. The maximum absolute atomic E-state index is 12.3. The molecule has 1 amide bonds. The van der Waals surface area contributed by atoms with Gasteiger partial charge in [0.25, 0.3) is 16.0 Å². The highest BCUT2D eigenvalue weighted by molar-refractivity contribution is 7.85. The van der Waals surface area contributed by atoms with E-state index in [1.165, 1.54) is 6.07 Å². The van der Waals surface area contributed by atoms with Crippen molar-refractivity contribution in [2.75, 3.05) is 5.32 Å². The fourth-order valence-corrected chi connectivity index (χ4v) is 4.33. The minimum atomic E-state index is -4.26. The van der Waals surface area contributed by atoms with Crippen LogP contribution in [0, 0.1) is 0 Å². The molecule has 0 radical (unpaired) electrons. The predicted octanol–water partition coefficient (Wildman–Crippen LogP) is 2.70. The number of amides is 1. The number of hydrogen-bond donors (Lipinski definition) is 2. The molecule has 2 aliphatic rings. The van der Waals surface area contributed by atoms with Crippen LogP contribution in [-0.4, -0.2) is 23.9 Å². The van der Waals surface area contributed by atoms with Crippen molar-refractivity contribution in [2.24, 2.45) is 0 Å². The van der Waals surface area contributed by atoms with Crippen molar-refractivity contribution in [3.05, 3.63) is 52.7 Å².